The van der Waals surface area contributed by atoms with Crippen molar-refractivity contribution in [2.75, 3.05) is 0 Å². The minimum Gasteiger partial charge on any atom is -0.103 e. The molecule has 0 N–H and O–H groups in total. The van der Waals surface area contributed by atoms with Crippen molar-refractivity contribution in [3.63, 3.8) is 0 Å². The van der Waals surface area contributed by atoms with Crippen molar-refractivity contribution in [1.29, 1.82) is 0 Å². The predicted octanol–water partition coefficient (Wildman–Crippen LogP) is 5.67. The van der Waals surface area contributed by atoms with E-state index in [0.717, 1.165) is 5.92 Å². The summed E-state index contributed by atoms with van der Waals surface area (Å²) < 4.78 is 0. The van der Waals surface area contributed by atoms with Crippen molar-refractivity contribution in [1.82, 2.24) is 0 Å². The van der Waals surface area contributed by atoms with E-state index in [1.807, 2.05) is 0 Å². The van der Waals surface area contributed by atoms with Crippen molar-refractivity contribution in [2.24, 2.45) is 22.2 Å². The Morgan fingerprint density at radius 2 is 1.00 bits per heavy atom. The van der Waals surface area contributed by atoms with Crippen molar-refractivity contribution >= 4 is 0 Å². The molecule has 0 saturated heterocycles. The Labute approximate surface area is 118 Å². The third-order valence-corrected chi connectivity index (χ3v) is 6.15. The number of hydrogen-bond donors (Lipinski definition) is 0. The third kappa shape index (κ3) is 2.04. The predicted molar refractivity (Wildman–Crippen MR) is 82.9 cm³/mol. The van der Waals surface area contributed by atoms with Gasteiger partial charge in [-0.05, 0) is 80.0 Å². The molecule has 0 unspecified atom stereocenters. The maximum absolute atomic E-state index is 4.03. The van der Waals surface area contributed by atoms with E-state index in [1.165, 1.54) is 57.8 Å². The van der Waals surface area contributed by atoms with Crippen molar-refractivity contribution in [3.05, 3.63) is 38.0 Å². The molecular formula is C19H28. The van der Waals surface area contributed by atoms with Crippen LogP contribution in [0.3, 0.4) is 0 Å². The van der Waals surface area contributed by atoms with Crippen LogP contribution < -0.4 is 0 Å². The zero-order valence-electron chi connectivity index (χ0n) is 12.3. The Bertz CT molecular complexity index is 332. The molecule has 104 valence electrons. The number of hydrogen-bond acceptors (Lipinski definition) is 0. The lowest BCUT2D eigenvalue weighted by molar-refractivity contribution is -0.155. The molecule has 0 atom stereocenters. The van der Waals surface area contributed by atoms with Crippen LogP contribution in [0.2, 0.25) is 0 Å². The summed E-state index contributed by atoms with van der Waals surface area (Å²) in [4.78, 5) is 0. The topological polar surface area (TPSA) is 0 Å². The maximum Gasteiger partial charge on any atom is -0.0250 e. The van der Waals surface area contributed by atoms with Crippen LogP contribution in [0.25, 0.3) is 0 Å². The van der Waals surface area contributed by atoms with Gasteiger partial charge in [-0.25, -0.2) is 0 Å². The molecular weight excluding hydrogens is 228 g/mol. The summed E-state index contributed by atoms with van der Waals surface area (Å²) in [5.74, 6) is 0.955. The van der Waals surface area contributed by atoms with Crippen LogP contribution in [0, 0.1) is 22.2 Å². The van der Waals surface area contributed by atoms with Gasteiger partial charge in [-0.15, -0.1) is 19.7 Å². The van der Waals surface area contributed by atoms with E-state index in [4.69, 9.17) is 0 Å². The zero-order valence-corrected chi connectivity index (χ0v) is 12.3. The first-order chi connectivity index (χ1) is 9.09. The molecule has 0 aliphatic heterocycles. The molecule has 4 aliphatic carbocycles. The molecule has 0 aromatic rings. The van der Waals surface area contributed by atoms with E-state index in [2.05, 4.69) is 38.0 Å². The summed E-state index contributed by atoms with van der Waals surface area (Å²) in [6.07, 6.45) is 18.8. The summed E-state index contributed by atoms with van der Waals surface area (Å²) in [6.45, 7) is 12.1. The van der Waals surface area contributed by atoms with Gasteiger partial charge in [0.05, 0.1) is 0 Å². The van der Waals surface area contributed by atoms with Crippen LogP contribution >= 0.6 is 0 Å². The van der Waals surface area contributed by atoms with Crippen molar-refractivity contribution in [3.8, 4) is 0 Å². The Hall–Kier alpha value is -0.780. The summed E-state index contributed by atoms with van der Waals surface area (Å²) in [5.41, 5.74) is 1.69. The van der Waals surface area contributed by atoms with Crippen LogP contribution in [0.5, 0.6) is 0 Å². The molecule has 0 radical (unpaired) electrons. The van der Waals surface area contributed by atoms with Crippen LogP contribution in [0.15, 0.2) is 38.0 Å². The van der Waals surface area contributed by atoms with Gasteiger partial charge in [-0.1, -0.05) is 18.2 Å². The standard InChI is InChI=1S/C19H28/c1-4-7-17-10-16-11-18(13-17,8-5-2)15-19(12-16,14-17)9-6-3/h4-6,16H,1-3,7-15H2. The van der Waals surface area contributed by atoms with E-state index in [9.17, 15) is 0 Å². The highest BCUT2D eigenvalue weighted by Crippen LogP contribution is 2.72. The van der Waals surface area contributed by atoms with Gasteiger partial charge in [-0.3, -0.25) is 0 Å². The minimum absolute atomic E-state index is 0.563. The van der Waals surface area contributed by atoms with Gasteiger partial charge in [0, 0.05) is 0 Å². The second-order valence-electron chi connectivity index (χ2n) is 7.99. The molecule has 4 saturated carbocycles. The minimum atomic E-state index is 0.563. The summed E-state index contributed by atoms with van der Waals surface area (Å²) in [5, 5.41) is 0. The van der Waals surface area contributed by atoms with Crippen LogP contribution in [-0.2, 0) is 0 Å². The van der Waals surface area contributed by atoms with Gasteiger partial charge in [0.2, 0.25) is 0 Å². The quantitative estimate of drug-likeness (QED) is 0.537. The molecule has 0 spiro atoms. The Morgan fingerprint density at radius 1 is 0.684 bits per heavy atom. The van der Waals surface area contributed by atoms with Crippen molar-refractivity contribution in [2.45, 2.75) is 57.8 Å². The van der Waals surface area contributed by atoms with Gasteiger partial charge in [0.25, 0.3) is 0 Å². The SMILES string of the molecule is C=CCC12CC3CC(CC=C)(C1)CC(CC=C)(C3)C2. The maximum atomic E-state index is 4.03. The van der Waals surface area contributed by atoms with Crippen LogP contribution in [0.1, 0.15) is 57.8 Å². The van der Waals surface area contributed by atoms with E-state index in [0.29, 0.717) is 16.2 Å². The van der Waals surface area contributed by atoms with Gasteiger partial charge in [-0.2, -0.15) is 0 Å². The van der Waals surface area contributed by atoms with E-state index in [-0.39, 0.29) is 0 Å². The summed E-state index contributed by atoms with van der Waals surface area (Å²) >= 11 is 0. The molecule has 0 aromatic heterocycles. The van der Waals surface area contributed by atoms with Crippen LogP contribution in [-0.4, -0.2) is 0 Å². The average molecular weight is 256 g/mol. The molecule has 19 heavy (non-hydrogen) atoms. The monoisotopic (exact) mass is 256 g/mol. The second kappa shape index (κ2) is 4.36. The molecule has 4 rings (SSSR count). The molecule has 4 bridgehead atoms. The normalized spacial score (nSPS) is 47.1. The highest BCUT2D eigenvalue weighted by molar-refractivity contribution is 5.15. The smallest absolute Gasteiger partial charge is 0.0250 e. The van der Waals surface area contributed by atoms with Gasteiger partial charge < -0.3 is 0 Å². The summed E-state index contributed by atoms with van der Waals surface area (Å²) in [6, 6.07) is 0. The first kappa shape index (κ1) is 13.2. The van der Waals surface area contributed by atoms with Gasteiger partial charge in [0.1, 0.15) is 0 Å². The lowest BCUT2D eigenvalue weighted by atomic mass is 9.38. The van der Waals surface area contributed by atoms with Crippen LogP contribution in [0.4, 0.5) is 0 Å². The second-order valence-corrected chi connectivity index (χ2v) is 7.99. The van der Waals surface area contributed by atoms with E-state index in [1.54, 1.807) is 0 Å². The Kier molecular flexibility index (Phi) is 3.04. The Morgan fingerprint density at radius 3 is 1.26 bits per heavy atom. The molecule has 0 heteroatoms. The lowest BCUT2D eigenvalue weighted by Crippen LogP contribution is -2.56. The highest BCUT2D eigenvalue weighted by atomic mass is 14.7. The molecule has 0 amide bonds. The number of allylic oxidation sites excluding steroid dienone is 3. The van der Waals surface area contributed by atoms with E-state index < -0.39 is 0 Å². The third-order valence-electron chi connectivity index (χ3n) is 6.15. The summed E-state index contributed by atoms with van der Waals surface area (Å²) in [7, 11) is 0. The van der Waals surface area contributed by atoms with E-state index >= 15 is 0 Å². The van der Waals surface area contributed by atoms with Gasteiger partial charge >= 0.3 is 0 Å². The van der Waals surface area contributed by atoms with Gasteiger partial charge in [0.15, 0.2) is 0 Å². The zero-order chi connectivity index (χ0) is 13.6. The molecule has 4 aliphatic rings. The molecule has 0 nitrogen and oxygen atoms in total. The fourth-order valence-electron chi connectivity index (χ4n) is 6.66. The molecule has 0 aromatic carbocycles. The lowest BCUT2D eigenvalue weighted by Gasteiger charge is -2.67. The Balaban J connectivity index is 1.97. The fourth-order valence-corrected chi connectivity index (χ4v) is 6.66. The van der Waals surface area contributed by atoms with Crippen molar-refractivity contribution < 1.29 is 0 Å². The fraction of sp³-hybridized carbons (Fsp3) is 0.684. The first-order valence-electron chi connectivity index (χ1n) is 7.92. The largest absolute Gasteiger partial charge is 0.103 e. The average Bonchev–Trinajstić information content (AvgIpc) is 2.26. The molecule has 0 heterocycles. The highest BCUT2D eigenvalue weighted by Gasteiger charge is 2.61. The number of rotatable bonds is 6. The molecule has 4 fully saturated rings. The first-order valence-corrected chi connectivity index (χ1v) is 7.92.